The molecule has 2 heterocycles. The molecule has 1 fully saturated rings. The smallest absolute Gasteiger partial charge is 0.207 e. The fourth-order valence-corrected chi connectivity index (χ4v) is 7.51. The summed E-state index contributed by atoms with van der Waals surface area (Å²) in [5, 5.41) is 0. The Morgan fingerprint density at radius 3 is 2.11 bits per heavy atom. The minimum absolute atomic E-state index is 0.0975. The monoisotopic (exact) mass is 492 g/mol. The number of benzene rings is 1. The summed E-state index contributed by atoms with van der Waals surface area (Å²) < 4.78 is 54.9. The van der Waals surface area contributed by atoms with Gasteiger partial charge < -0.3 is 0 Å². The molecule has 1 aromatic heterocycles. The molecule has 0 N–H and O–H groups in total. The molecule has 0 amide bonds. The fraction of sp³-hybridized carbons (Fsp3) is 0.412. The predicted octanol–water partition coefficient (Wildman–Crippen LogP) is 3.51. The van der Waals surface area contributed by atoms with Crippen LogP contribution >= 0.6 is 27.3 Å². The van der Waals surface area contributed by atoms with Crippen LogP contribution in [0.25, 0.3) is 0 Å². The van der Waals surface area contributed by atoms with Crippen molar-refractivity contribution >= 4 is 47.3 Å². The van der Waals surface area contributed by atoms with Crippen molar-refractivity contribution in [3.63, 3.8) is 0 Å². The molecule has 1 aromatic carbocycles. The average Bonchev–Trinajstić information content (AvgIpc) is 3.31. The fourth-order valence-electron chi connectivity index (χ4n) is 2.99. The third kappa shape index (κ3) is 4.46. The van der Waals surface area contributed by atoms with E-state index in [2.05, 4.69) is 15.9 Å². The molecule has 148 valence electrons. The number of hydrogen-bond acceptors (Lipinski definition) is 5. The van der Waals surface area contributed by atoms with E-state index in [0.717, 1.165) is 21.5 Å². The second-order valence-electron chi connectivity index (χ2n) is 6.22. The standard InChI is InChI=1S/C17H21BrN2O4S3/c1-2-19(13-14-5-10-17(18)25-14)26(21,22)15-6-8-16(9-7-15)27(23,24)20-11-3-4-12-20/h5-10H,2-4,11-13H2,1H3. The second kappa shape index (κ2) is 8.30. The lowest BCUT2D eigenvalue weighted by Gasteiger charge is -2.20. The summed E-state index contributed by atoms with van der Waals surface area (Å²) in [5.74, 6) is 0. The first-order valence-corrected chi connectivity index (χ1v) is 13.1. The minimum atomic E-state index is -3.71. The van der Waals surface area contributed by atoms with Crippen LogP contribution in [0.15, 0.2) is 50.0 Å². The number of halogens is 1. The van der Waals surface area contributed by atoms with E-state index in [1.165, 1.54) is 44.2 Å². The van der Waals surface area contributed by atoms with Crippen LogP contribution in [-0.2, 0) is 26.6 Å². The second-order valence-corrected chi connectivity index (χ2v) is 12.6. The normalized spacial score (nSPS) is 16.3. The molecule has 1 aliphatic rings. The molecule has 0 aliphatic carbocycles. The number of rotatable bonds is 7. The summed E-state index contributed by atoms with van der Waals surface area (Å²) in [7, 11) is -7.26. The van der Waals surface area contributed by atoms with E-state index < -0.39 is 20.0 Å². The van der Waals surface area contributed by atoms with Crippen molar-refractivity contribution in [2.75, 3.05) is 19.6 Å². The zero-order valence-corrected chi connectivity index (χ0v) is 18.9. The van der Waals surface area contributed by atoms with Crippen LogP contribution in [-0.4, -0.2) is 45.1 Å². The molecule has 6 nitrogen and oxygen atoms in total. The van der Waals surface area contributed by atoms with Crippen LogP contribution in [0.1, 0.15) is 24.6 Å². The van der Waals surface area contributed by atoms with E-state index in [0.29, 0.717) is 19.6 Å². The Bertz CT molecular complexity index is 995. The van der Waals surface area contributed by atoms with Crippen molar-refractivity contribution in [3.05, 3.63) is 45.1 Å². The lowest BCUT2D eigenvalue weighted by Crippen LogP contribution is -2.30. The van der Waals surface area contributed by atoms with E-state index in [9.17, 15) is 16.8 Å². The number of nitrogens with zero attached hydrogens (tertiary/aromatic N) is 2. The first kappa shape index (κ1) is 20.9. The number of thiophene rings is 1. The highest BCUT2D eigenvalue weighted by Gasteiger charge is 2.28. The third-order valence-electron chi connectivity index (χ3n) is 4.48. The maximum Gasteiger partial charge on any atom is 0.243 e. The number of hydrogen-bond donors (Lipinski definition) is 0. The molecule has 27 heavy (non-hydrogen) atoms. The Labute approximate surface area is 173 Å². The molecule has 0 unspecified atom stereocenters. The molecule has 2 aromatic rings. The lowest BCUT2D eigenvalue weighted by molar-refractivity contribution is 0.426. The van der Waals surface area contributed by atoms with E-state index in [1.807, 2.05) is 12.1 Å². The summed E-state index contributed by atoms with van der Waals surface area (Å²) in [5.41, 5.74) is 0. The van der Waals surface area contributed by atoms with Crippen molar-refractivity contribution in [3.8, 4) is 0 Å². The molecular weight excluding hydrogens is 472 g/mol. The van der Waals surface area contributed by atoms with Gasteiger partial charge in [-0.2, -0.15) is 8.61 Å². The third-order valence-corrected chi connectivity index (χ3v) is 9.93. The van der Waals surface area contributed by atoms with Crippen LogP contribution in [0.3, 0.4) is 0 Å². The Hall–Kier alpha value is -0.780. The Morgan fingerprint density at radius 2 is 1.59 bits per heavy atom. The Balaban J connectivity index is 1.83. The Kier molecular flexibility index (Phi) is 6.44. The van der Waals surface area contributed by atoms with Crippen molar-refractivity contribution in [1.29, 1.82) is 0 Å². The molecule has 1 aliphatic heterocycles. The van der Waals surface area contributed by atoms with E-state index in [1.54, 1.807) is 6.92 Å². The molecule has 1 saturated heterocycles. The van der Waals surface area contributed by atoms with Crippen LogP contribution in [0, 0.1) is 0 Å². The van der Waals surface area contributed by atoms with Gasteiger partial charge in [0.2, 0.25) is 20.0 Å². The summed E-state index contributed by atoms with van der Waals surface area (Å²) in [4.78, 5) is 1.16. The van der Waals surface area contributed by atoms with Gasteiger partial charge in [-0.3, -0.25) is 0 Å². The van der Waals surface area contributed by atoms with Gasteiger partial charge in [-0.15, -0.1) is 11.3 Å². The largest absolute Gasteiger partial charge is 0.243 e. The van der Waals surface area contributed by atoms with Gasteiger partial charge in [-0.05, 0) is 65.2 Å². The predicted molar refractivity (Wildman–Crippen MR) is 110 cm³/mol. The number of sulfonamides is 2. The summed E-state index contributed by atoms with van der Waals surface area (Å²) in [6.45, 7) is 3.42. The minimum Gasteiger partial charge on any atom is -0.207 e. The highest BCUT2D eigenvalue weighted by molar-refractivity contribution is 9.11. The summed E-state index contributed by atoms with van der Waals surface area (Å²) >= 11 is 4.87. The zero-order chi connectivity index (χ0) is 19.7. The van der Waals surface area contributed by atoms with E-state index >= 15 is 0 Å². The van der Waals surface area contributed by atoms with Crippen LogP contribution in [0.2, 0.25) is 0 Å². The zero-order valence-electron chi connectivity index (χ0n) is 14.8. The van der Waals surface area contributed by atoms with Gasteiger partial charge in [0.25, 0.3) is 0 Å². The first-order valence-electron chi connectivity index (χ1n) is 8.59. The van der Waals surface area contributed by atoms with Gasteiger partial charge in [-0.1, -0.05) is 6.92 Å². The highest BCUT2D eigenvalue weighted by Crippen LogP contribution is 2.27. The van der Waals surface area contributed by atoms with Gasteiger partial charge in [0.1, 0.15) is 0 Å². The molecule has 0 bridgehead atoms. The van der Waals surface area contributed by atoms with Gasteiger partial charge >= 0.3 is 0 Å². The molecule has 0 saturated carbocycles. The van der Waals surface area contributed by atoms with Crippen molar-refractivity contribution in [2.45, 2.75) is 36.1 Å². The highest BCUT2D eigenvalue weighted by atomic mass is 79.9. The van der Waals surface area contributed by atoms with Gasteiger partial charge in [-0.25, -0.2) is 16.8 Å². The van der Waals surface area contributed by atoms with Crippen molar-refractivity contribution in [2.24, 2.45) is 0 Å². The van der Waals surface area contributed by atoms with Crippen molar-refractivity contribution in [1.82, 2.24) is 8.61 Å². The van der Waals surface area contributed by atoms with E-state index in [-0.39, 0.29) is 16.3 Å². The average molecular weight is 493 g/mol. The summed E-state index contributed by atoms with van der Waals surface area (Å²) in [6, 6.07) is 9.31. The van der Waals surface area contributed by atoms with Crippen LogP contribution < -0.4 is 0 Å². The van der Waals surface area contributed by atoms with Crippen LogP contribution in [0.4, 0.5) is 0 Å². The van der Waals surface area contributed by atoms with Crippen molar-refractivity contribution < 1.29 is 16.8 Å². The molecule has 3 rings (SSSR count). The van der Waals surface area contributed by atoms with Gasteiger partial charge in [0.05, 0.1) is 13.6 Å². The molecule has 10 heteroatoms. The maximum atomic E-state index is 13.0. The maximum absolute atomic E-state index is 13.0. The first-order chi connectivity index (χ1) is 12.7. The molecular formula is C17H21BrN2O4S3. The molecule has 0 atom stereocenters. The molecule has 0 radical (unpaired) electrons. The Morgan fingerprint density at radius 1 is 1.00 bits per heavy atom. The van der Waals surface area contributed by atoms with Crippen LogP contribution in [0.5, 0.6) is 0 Å². The summed E-state index contributed by atoms with van der Waals surface area (Å²) in [6.07, 6.45) is 1.71. The quantitative estimate of drug-likeness (QED) is 0.592. The lowest BCUT2D eigenvalue weighted by atomic mass is 10.4. The van der Waals surface area contributed by atoms with Gasteiger partial charge in [0, 0.05) is 31.1 Å². The topological polar surface area (TPSA) is 74.8 Å². The van der Waals surface area contributed by atoms with E-state index in [4.69, 9.17) is 0 Å². The molecule has 0 spiro atoms. The van der Waals surface area contributed by atoms with Gasteiger partial charge in [0.15, 0.2) is 0 Å². The SMILES string of the molecule is CCN(Cc1ccc(Br)s1)S(=O)(=O)c1ccc(S(=O)(=O)N2CCCC2)cc1.